The molecule has 19 heteroatoms. The van der Waals surface area contributed by atoms with Gasteiger partial charge in [-0.15, -0.1) is 0 Å². The van der Waals surface area contributed by atoms with Crippen molar-refractivity contribution in [3.63, 3.8) is 0 Å². The van der Waals surface area contributed by atoms with Crippen LogP contribution in [0.3, 0.4) is 0 Å². The lowest BCUT2D eigenvalue weighted by atomic mass is 9.94. The minimum absolute atomic E-state index is 0.0458. The molecule has 6 rings (SSSR count). The summed E-state index contributed by atoms with van der Waals surface area (Å²) in [4.78, 5) is 67.4. The number of aliphatic hydroxyl groups excluding tert-OH is 1. The monoisotopic (exact) mass is 913 g/mol. The molecule has 2 aromatic rings. The molecule has 0 radical (unpaired) electrons. The van der Waals surface area contributed by atoms with Gasteiger partial charge in [-0.05, 0) is 70.2 Å². The van der Waals surface area contributed by atoms with Gasteiger partial charge in [-0.2, -0.15) is 0 Å². The zero-order valence-electron chi connectivity index (χ0n) is 38.1. The van der Waals surface area contributed by atoms with Crippen LogP contribution in [0.4, 0.5) is 0 Å². The number of primary amides is 1. The predicted octanol–water partition coefficient (Wildman–Crippen LogP) is 3.03. The first-order valence-electron chi connectivity index (χ1n) is 22.9. The van der Waals surface area contributed by atoms with Crippen LogP contribution in [0.1, 0.15) is 110 Å². The third-order valence-corrected chi connectivity index (χ3v) is 12.2. The largest absolute Gasteiger partial charge is 0.497 e. The smallest absolute Gasteiger partial charge is 0.335 e. The van der Waals surface area contributed by atoms with Crippen LogP contribution in [-0.2, 0) is 60.9 Å². The Labute approximate surface area is 379 Å². The molecule has 0 bridgehead atoms. The van der Waals surface area contributed by atoms with Gasteiger partial charge in [0.15, 0.2) is 30.0 Å². The molecule has 10 atom stereocenters. The summed E-state index contributed by atoms with van der Waals surface area (Å²) in [5, 5.41) is 16.6. The van der Waals surface area contributed by atoms with E-state index in [-0.39, 0.29) is 30.9 Å². The van der Waals surface area contributed by atoms with Crippen LogP contribution in [0.15, 0.2) is 58.0 Å². The lowest BCUT2D eigenvalue weighted by Gasteiger charge is -2.35. The molecule has 1 aromatic heterocycles. The van der Waals surface area contributed by atoms with Crippen molar-refractivity contribution < 1.29 is 57.4 Å². The van der Waals surface area contributed by atoms with Crippen LogP contribution < -0.4 is 32.4 Å². The van der Waals surface area contributed by atoms with Gasteiger partial charge < -0.3 is 59.4 Å². The maximum atomic E-state index is 14.2. The number of benzene rings is 1. The first-order chi connectivity index (χ1) is 31.2. The molecule has 3 amide bonds. The minimum atomic E-state index is -1.67. The standard InChI is InChI=1S/C46H67N5O14/c1-6-7-8-9-10-11-12-13-23-60-37-31(25-52)36(62-43(37)50-22-21-35(53)51(45(50)57)27-59-26-29-17-19-30(58-5)20-18-29)39(40(47)54)63-44-38-33(64-46(3,4)65-38)24-34(61-44)42(56)49-32-16-14-15-28(2)48-41(32)55/h17-22,24,28,31-33,36-39,43-44,52H,6-16,23,25-27H2,1-5H3,(H2,47,54)(H,48,55)(H,49,56)/t28-,31-,32+,33+,36+,37-,38+,39-,43-,44-/m1/s1. The summed E-state index contributed by atoms with van der Waals surface area (Å²) < 4.78 is 50.7. The summed E-state index contributed by atoms with van der Waals surface area (Å²) in [5.74, 6) is -3.78. The van der Waals surface area contributed by atoms with Gasteiger partial charge in [0.05, 0.1) is 20.3 Å². The molecule has 5 heterocycles. The van der Waals surface area contributed by atoms with E-state index in [1.165, 1.54) is 31.2 Å². The lowest BCUT2D eigenvalue weighted by molar-refractivity contribution is -0.239. The number of ether oxygens (including phenoxy) is 8. The van der Waals surface area contributed by atoms with E-state index in [9.17, 15) is 29.1 Å². The van der Waals surface area contributed by atoms with Crippen molar-refractivity contribution in [2.75, 3.05) is 20.3 Å². The molecule has 0 unspecified atom stereocenters. The van der Waals surface area contributed by atoms with Gasteiger partial charge in [0.2, 0.25) is 18.1 Å². The molecular formula is C46H67N5O14. The molecule has 19 nitrogen and oxygen atoms in total. The number of nitrogens with one attached hydrogen (secondary N) is 2. The van der Waals surface area contributed by atoms with Crippen LogP contribution in [-0.4, -0.2) is 107 Å². The Bertz CT molecular complexity index is 2060. The zero-order chi connectivity index (χ0) is 46.7. The maximum Gasteiger partial charge on any atom is 0.335 e. The van der Waals surface area contributed by atoms with Crippen LogP contribution in [0.2, 0.25) is 0 Å². The van der Waals surface area contributed by atoms with Crippen molar-refractivity contribution >= 4 is 17.7 Å². The molecule has 65 heavy (non-hydrogen) atoms. The van der Waals surface area contributed by atoms with E-state index < -0.39 is 97.2 Å². The molecule has 4 aliphatic rings. The summed E-state index contributed by atoms with van der Waals surface area (Å²) in [6, 6.07) is 7.46. The van der Waals surface area contributed by atoms with E-state index >= 15 is 0 Å². The van der Waals surface area contributed by atoms with Crippen LogP contribution in [0.5, 0.6) is 5.75 Å². The second-order valence-electron chi connectivity index (χ2n) is 17.7. The molecule has 5 N–H and O–H groups in total. The molecule has 0 spiro atoms. The topological polar surface area (TPSA) is 239 Å². The Kier molecular flexibility index (Phi) is 17.8. The fourth-order valence-corrected chi connectivity index (χ4v) is 8.71. The van der Waals surface area contributed by atoms with Crippen LogP contribution >= 0.6 is 0 Å². The number of carbonyl (C=O) groups is 3. The van der Waals surface area contributed by atoms with Gasteiger partial charge in [-0.25, -0.2) is 9.36 Å². The van der Waals surface area contributed by atoms with E-state index in [1.807, 2.05) is 6.92 Å². The Balaban J connectivity index is 1.24. The SMILES string of the molecule is CCCCCCCCCCO[C@@H]1[C@H](CO)[C@@H]([C@@H](O[C@H]2OC(C(=O)N[C@H]3CCC[C@@H](C)NC3=O)=C[C@@H]3OC(C)(C)O[C@H]23)C(N)=O)O[C@H]1n1ccc(=O)n(COCc2ccc(OC)cc2)c1=O. The summed E-state index contributed by atoms with van der Waals surface area (Å²) in [6.07, 6.45) is 4.23. The fraction of sp³-hybridized carbons (Fsp3) is 0.674. The van der Waals surface area contributed by atoms with Crippen LogP contribution in [0, 0.1) is 5.92 Å². The van der Waals surface area contributed by atoms with E-state index in [4.69, 9.17) is 43.6 Å². The second kappa shape index (κ2) is 23.2. The average molecular weight is 914 g/mol. The highest BCUT2D eigenvalue weighted by Gasteiger charge is 2.55. The number of aromatic nitrogens is 2. The molecule has 3 fully saturated rings. The number of nitrogens with two attached hydrogens (primary N) is 1. The highest BCUT2D eigenvalue weighted by atomic mass is 16.8. The Morgan fingerprint density at radius 3 is 2.43 bits per heavy atom. The quantitative estimate of drug-likeness (QED) is 0.117. The number of fused-ring (bicyclic) bond motifs is 1. The normalized spacial score (nSPS) is 27.8. The molecule has 0 aliphatic carbocycles. The van der Waals surface area contributed by atoms with Crippen molar-refractivity contribution in [1.29, 1.82) is 0 Å². The number of nitrogens with zero attached hydrogens (tertiary/aromatic N) is 2. The van der Waals surface area contributed by atoms with Crippen molar-refractivity contribution in [3.05, 3.63) is 74.8 Å². The average Bonchev–Trinajstić information content (AvgIpc) is 3.74. The molecule has 0 saturated carbocycles. The number of methoxy groups -OCH3 is 1. The zero-order valence-corrected chi connectivity index (χ0v) is 38.1. The lowest BCUT2D eigenvalue weighted by Crippen LogP contribution is -2.53. The van der Waals surface area contributed by atoms with Crippen molar-refractivity contribution in [3.8, 4) is 5.75 Å². The van der Waals surface area contributed by atoms with E-state index in [0.717, 1.165) is 53.2 Å². The van der Waals surface area contributed by atoms with Gasteiger partial charge in [-0.3, -0.25) is 23.7 Å². The maximum absolute atomic E-state index is 14.2. The number of unbranched alkanes of at least 4 members (excludes halogenated alkanes) is 7. The first-order valence-corrected chi connectivity index (χ1v) is 22.9. The van der Waals surface area contributed by atoms with Gasteiger partial charge >= 0.3 is 5.69 Å². The highest BCUT2D eigenvalue weighted by Crippen LogP contribution is 2.41. The second-order valence-corrected chi connectivity index (χ2v) is 17.7. The number of hydrogen-bond acceptors (Lipinski definition) is 14. The third-order valence-electron chi connectivity index (χ3n) is 12.2. The van der Waals surface area contributed by atoms with Crippen molar-refractivity contribution in [1.82, 2.24) is 19.8 Å². The highest BCUT2D eigenvalue weighted by molar-refractivity contribution is 5.95. The molecule has 1 aromatic carbocycles. The van der Waals surface area contributed by atoms with Crippen molar-refractivity contribution in [2.45, 2.75) is 173 Å². The van der Waals surface area contributed by atoms with Gasteiger partial charge in [0.1, 0.15) is 36.8 Å². The summed E-state index contributed by atoms with van der Waals surface area (Å²) in [7, 11) is 1.56. The Morgan fingerprint density at radius 2 is 1.74 bits per heavy atom. The van der Waals surface area contributed by atoms with Gasteiger partial charge in [-0.1, -0.05) is 64.0 Å². The molecule has 360 valence electrons. The minimum Gasteiger partial charge on any atom is -0.497 e. The summed E-state index contributed by atoms with van der Waals surface area (Å²) in [5.41, 5.74) is 5.42. The van der Waals surface area contributed by atoms with Gasteiger partial charge in [0, 0.05) is 30.8 Å². The third kappa shape index (κ3) is 12.8. The number of rotatable bonds is 23. The van der Waals surface area contributed by atoms with Crippen LogP contribution in [0.25, 0.3) is 0 Å². The van der Waals surface area contributed by atoms with E-state index in [2.05, 4.69) is 17.6 Å². The number of carbonyl (C=O) groups excluding carboxylic acids is 3. The number of hydrogen-bond donors (Lipinski definition) is 4. The number of amides is 3. The first kappa shape index (κ1) is 49.8. The number of aliphatic hydroxyl groups is 1. The Morgan fingerprint density at radius 1 is 1.02 bits per heavy atom. The van der Waals surface area contributed by atoms with E-state index in [0.29, 0.717) is 25.0 Å². The van der Waals surface area contributed by atoms with E-state index in [1.54, 1.807) is 45.2 Å². The van der Waals surface area contributed by atoms with Gasteiger partial charge in [0.25, 0.3) is 11.5 Å². The molecule has 3 saturated heterocycles. The summed E-state index contributed by atoms with van der Waals surface area (Å²) >= 11 is 0. The fourth-order valence-electron chi connectivity index (χ4n) is 8.71. The Hall–Kier alpha value is -4.63. The molecule has 4 aliphatic heterocycles. The van der Waals surface area contributed by atoms with Crippen molar-refractivity contribution in [2.24, 2.45) is 11.7 Å². The predicted molar refractivity (Wildman–Crippen MR) is 234 cm³/mol. The molecular weight excluding hydrogens is 847 g/mol. The summed E-state index contributed by atoms with van der Waals surface area (Å²) in [6.45, 7) is 6.75.